The van der Waals surface area contributed by atoms with Crippen LogP contribution in [-0.4, -0.2) is 20.3 Å². The number of nitrogens with one attached hydrogen (secondary N) is 1. The van der Waals surface area contributed by atoms with Gasteiger partial charge in [0, 0.05) is 24.6 Å². The molecule has 98 valence electrons. The minimum Gasteiger partial charge on any atom is -0.497 e. The zero-order chi connectivity index (χ0) is 12.6. The molecule has 1 aromatic carbocycles. The van der Waals surface area contributed by atoms with E-state index in [1.165, 1.54) is 18.4 Å². The summed E-state index contributed by atoms with van der Waals surface area (Å²) >= 11 is 0. The first-order chi connectivity index (χ1) is 8.70. The second-order valence-electron chi connectivity index (χ2n) is 5.79. The van der Waals surface area contributed by atoms with Crippen LogP contribution < -0.4 is 14.8 Å². The molecule has 0 aromatic heterocycles. The Balaban J connectivity index is 1.76. The van der Waals surface area contributed by atoms with Crippen molar-refractivity contribution in [2.75, 3.05) is 20.3 Å². The van der Waals surface area contributed by atoms with Crippen LogP contribution in [0.3, 0.4) is 0 Å². The third kappa shape index (κ3) is 2.32. The van der Waals surface area contributed by atoms with Crippen molar-refractivity contribution in [1.82, 2.24) is 5.32 Å². The quantitative estimate of drug-likeness (QED) is 0.887. The molecular weight excluding hydrogens is 226 g/mol. The van der Waals surface area contributed by atoms with E-state index in [0.29, 0.717) is 11.5 Å². The highest BCUT2D eigenvalue weighted by molar-refractivity contribution is 5.43. The van der Waals surface area contributed by atoms with Crippen molar-refractivity contribution < 1.29 is 9.47 Å². The molecule has 18 heavy (non-hydrogen) atoms. The second-order valence-corrected chi connectivity index (χ2v) is 5.79. The van der Waals surface area contributed by atoms with Crippen LogP contribution in [0.1, 0.15) is 37.8 Å². The third-order valence-corrected chi connectivity index (χ3v) is 4.14. The number of ether oxygens (including phenoxy) is 2. The highest BCUT2D eigenvalue weighted by atomic mass is 16.5. The SMILES string of the molecule is COc1ccc2c(c1)C(NCC1(C)CC1)CCO2. The molecule has 1 saturated carbocycles. The second kappa shape index (κ2) is 4.47. The van der Waals surface area contributed by atoms with Crippen molar-refractivity contribution in [2.45, 2.75) is 32.2 Å². The molecule has 0 spiro atoms. The predicted octanol–water partition coefficient (Wildman–Crippen LogP) is 2.91. The summed E-state index contributed by atoms with van der Waals surface area (Å²) in [7, 11) is 1.71. The van der Waals surface area contributed by atoms with E-state index >= 15 is 0 Å². The first kappa shape index (κ1) is 11.8. The van der Waals surface area contributed by atoms with E-state index in [-0.39, 0.29) is 0 Å². The molecule has 1 aliphatic carbocycles. The Morgan fingerprint density at radius 2 is 2.28 bits per heavy atom. The molecule has 1 fully saturated rings. The monoisotopic (exact) mass is 247 g/mol. The summed E-state index contributed by atoms with van der Waals surface area (Å²) in [6.45, 7) is 4.26. The van der Waals surface area contributed by atoms with Crippen LogP contribution in [0.4, 0.5) is 0 Å². The van der Waals surface area contributed by atoms with Crippen LogP contribution in [-0.2, 0) is 0 Å². The van der Waals surface area contributed by atoms with Crippen LogP contribution in [0.5, 0.6) is 11.5 Å². The minimum absolute atomic E-state index is 0.404. The van der Waals surface area contributed by atoms with Crippen LogP contribution in [0.2, 0.25) is 0 Å². The molecule has 1 N–H and O–H groups in total. The van der Waals surface area contributed by atoms with Gasteiger partial charge in [-0.1, -0.05) is 6.92 Å². The normalized spacial score (nSPS) is 24.0. The molecule has 1 atom stereocenters. The molecule has 0 radical (unpaired) electrons. The van der Waals surface area contributed by atoms with E-state index in [0.717, 1.165) is 31.1 Å². The summed E-state index contributed by atoms with van der Waals surface area (Å²) in [6, 6.07) is 6.48. The van der Waals surface area contributed by atoms with Crippen LogP contribution in [0.25, 0.3) is 0 Å². The number of hydrogen-bond donors (Lipinski definition) is 1. The Labute approximate surface area is 108 Å². The van der Waals surface area contributed by atoms with E-state index in [2.05, 4.69) is 18.3 Å². The molecule has 1 aromatic rings. The first-order valence-electron chi connectivity index (χ1n) is 6.74. The van der Waals surface area contributed by atoms with Gasteiger partial charge >= 0.3 is 0 Å². The zero-order valence-electron chi connectivity index (χ0n) is 11.2. The lowest BCUT2D eigenvalue weighted by atomic mass is 9.99. The molecule has 1 aliphatic heterocycles. The molecule has 0 saturated heterocycles. The lowest BCUT2D eigenvalue weighted by molar-refractivity contribution is 0.247. The van der Waals surface area contributed by atoms with Crippen molar-refractivity contribution in [1.29, 1.82) is 0 Å². The summed E-state index contributed by atoms with van der Waals surface area (Å²) in [5.41, 5.74) is 1.78. The fourth-order valence-corrected chi connectivity index (χ4v) is 2.47. The van der Waals surface area contributed by atoms with E-state index in [1.54, 1.807) is 7.11 Å². The van der Waals surface area contributed by atoms with Crippen LogP contribution >= 0.6 is 0 Å². The number of fused-ring (bicyclic) bond motifs is 1. The maximum Gasteiger partial charge on any atom is 0.124 e. The van der Waals surface area contributed by atoms with Crippen molar-refractivity contribution in [3.8, 4) is 11.5 Å². The Morgan fingerprint density at radius 1 is 1.44 bits per heavy atom. The first-order valence-corrected chi connectivity index (χ1v) is 6.74. The van der Waals surface area contributed by atoms with E-state index in [9.17, 15) is 0 Å². The van der Waals surface area contributed by atoms with Gasteiger partial charge in [-0.25, -0.2) is 0 Å². The summed E-state index contributed by atoms with van der Waals surface area (Å²) in [5, 5.41) is 3.70. The van der Waals surface area contributed by atoms with Gasteiger partial charge in [0.1, 0.15) is 11.5 Å². The van der Waals surface area contributed by atoms with Crippen LogP contribution in [0.15, 0.2) is 18.2 Å². The van der Waals surface area contributed by atoms with E-state index in [4.69, 9.17) is 9.47 Å². The van der Waals surface area contributed by atoms with Gasteiger partial charge in [0.05, 0.1) is 13.7 Å². The smallest absolute Gasteiger partial charge is 0.124 e. The molecule has 3 heteroatoms. The average molecular weight is 247 g/mol. The lowest BCUT2D eigenvalue weighted by Gasteiger charge is -2.28. The highest BCUT2D eigenvalue weighted by Crippen LogP contribution is 2.45. The van der Waals surface area contributed by atoms with Gasteiger partial charge in [-0.2, -0.15) is 0 Å². The number of benzene rings is 1. The predicted molar refractivity (Wildman–Crippen MR) is 71.2 cm³/mol. The zero-order valence-corrected chi connectivity index (χ0v) is 11.2. The lowest BCUT2D eigenvalue weighted by Crippen LogP contribution is -2.31. The summed E-state index contributed by atoms with van der Waals surface area (Å²) in [6.07, 6.45) is 3.75. The Hall–Kier alpha value is -1.22. The van der Waals surface area contributed by atoms with Crippen molar-refractivity contribution in [2.24, 2.45) is 5.41 Å². The van der Waals surface area contributed by atoms with E-state index in [1.807, 2.05) is 12.1 Å². The van der Waals surface area contributed by atoms with Gasteiger partial charge in [0.25, 0.3) is 0 Å². The van der Waals surface area contributed by atoms with Crippen molar-refractivity contribution in [3.63, 3.8) is 0 Å². The van der Waals surface area contributed by atoms with Crippen molar-refractivity contribution >= 4 is 0 Å². The molecule has 3 rings (SSSR count). The molecular formula is C15H21NO2. The Bertz CT molecular complexity index is 440. The molecule has 3 nitrogen and oxygen atoms in total. The summed E-state index contributed by atoms with van der Waals surface area (Å²) in [4.78, 5) is 0. The molecule has 1 heterocycles. The summed E-state index contributed by atoms with van der Waals surface area (Å²) < 4.78 is 11.0. The number of methoxy groups -OCH3 is 1. The summed E-state index contributed by atoms with van der Waals surface area (Å²) in [5.74, 6) is 1.91. The largest absolute Gasteiger partial charge is 0.497 e. The molecule has 0 bridgehead atoms. The van der Waals surface area contributed by atoms with Gasteiger partial charge in [0.2, 0.25) is 0 Å². The third-order valence-electron chi connectivity index (χ3n) is 4.14. The van der Waals surface area contributed by atoms with Crippen LogP contribution in [0, 0.1) is 5.41 Å². The topological polar surface area (TPSA) is 30.5 Å². The maximum atomic E-state index is 5.71. The van der Waals surface area contributed by atoms with E-state index < -0.39 is 0 Å². The van der Waals surface area contributed by atoms with Gasteiger partial charge < -0.3 is 14.8 Å². The maximum absolute atomic E-state index is 5.71. The molecule has 2 aliphatic rings. The number of rotatable bonds is 4. The standard InChI is InChI=1S/C15H21NO2/c1-15(6-7-15)10-16-13-5-8-18-14-4-3-11(17-2)9-12(13)14/h3-4,9,13,16H,5-8,10H2,1-2H3. The molecule has 0 amide bonds. The Morgan fingerprint density at radius 3 is 3.00 bits per heavy atom. The minimum atomic E-state index is 0.404. The van der Waals surface area contributed by atoms with Gasteiger partial charge in [-0.3, -0.25) is 0 Å². The fraction of sp³-hybridized carbons (Fsp3) is 0.600. The highest BCUT2D eigenvalue weighted by Gasteiger charge is 2.37. The number of hydrogen-bond acceptors (Lipinski definition) is 3. The van der Waals surface area contributed by atoms with Gasteiger partial charge in [-0.05, 0) is 36.5 Å². The fourth-order valence-electron chi connectivity index (χ4n) is 2.47. The van der Waals surface area contributed by atoms with Gasteiger partial charge in [0.15, 0.2) is 0 Å². The van der Waals surface area contributed by atoms with Crippen molar-refractivity contribution in [3.05, 3.63) is 23.8 Å². The molecule has 1 unspecified atom stereocenters. The Kier molecular flexibility index (Phi) is 2.94. The average Bonchev–Trinajstić information content (AvgIpc) is 3.14. The van der Waals surface area contributed by atoms with Gasteiger partial charge in [-0.15, -0.1) is 0 Å².